The zero-order valence-electron chi connectivity index (χ0n) is 67.4. The Morgan fingerprint density at radius 1 is 0.392 bits per heavy atom. The van der Waals surface area contributed by atoms with E-state index >= 15 is 0 Å². The molecule has 125 heavy (non-hydrogen) atoms. The van der Waals surface area contributed by atoms with Gasteiger partial charge in [0.2, 0.25) is 0 Å². The summed E-state index contributed by atoms with van der Waals surface area (Å²) in [7, 11) is -24.0. The first kappa shape index (κ1) is 98.2. The maximum Gasteiger partial charge on any atom is 0.418 e. The van der Waals surface area contributed by atoms with Gasteiger partial charge >= 0.3 is 82.2 Å². The van der Waals surface area contributed by atoms with E-state index < -0.39 is 172 Å². The van der Waals surface area contributed by atoms with E-state index in [4.69, 9.17) is 66.9 Å². The monoisotopic (exact) mass is 1890 g/mol. The molecule has 0 aromatic carbocycles. The summed E-state index contributed by atoms with van der Waals surface area (Å²) in [6, 6.07) is -10.6. The molecule has 14 atom stereocenters. The normalized spacial score (nSPS) is 29.0. The summed E-state index contributed by atoms with van der Waals surface area (Å²) in [6.07, 6.45) is 15.9. The number of hydrogen-bond acceptors (Lipinski definition) is 36. The SMILES string of the molecule is NC1CC1ONC(=O)[C@@H]1CC[C@@H]2CN1C(=O)N2OS(=O)(=O)O.O=C(NOCC1CCCCO1)[C@@H]1CC[C@@H]2CN1C(=O)N2OS(=O)(=O)O.O=C(NOCCCC1CCNC1)[C@@H]1CC[C@@H]2CN1C(=O)N2OS(=O)(=O)O.O=C(NOCCOC1CCCCC1)[C@@H]1CC[C@@H]2CN1C(=O)N2OS(=O)(=O)O.O=C(NOCCOC1CNC1)[C@@H]1CC[C@@H]2CN1C(=O)N2OS(=O)(=O)O. The third-order valence-electron chi connectivity index (χ3n) is 22.7. The minimum absolute atomic E-state index is 0.0585. The number of nitrogens with two attached hydrogens (primary N) is 1. The van der Waals surface area contributed by atoms with Crippen LogP contribution >= 0.6 is 0 Å². The summed E-state index contributed by atoms with van der Waals surface area (Å²) < 4.78 is 190. The van der Waals surface area contributed by atoms with Crippen LogP contribution in [-0.2, 0) is 136 Å². The highest BCUT2D eigenvalue weighted by Gasteiger charge is 2.55. The van der Waals surface area contributed by atoms with E-state index in [1.165, 1.54) is 43.8 Å². The summed E-state index contributed by atoms with van der Waals surface area (Å²) in [4.78, 5) is 154. The number of urea groups is 5. The standard InChI is InChI=1S/C15H25N3O8S.C14H24N4O7S.C13H21N3O8S.C12H20N4O8S.C10H16N4O7S/c19-14(16-25-9-8-24-12-4-2-1-3-5-12)13-7-6-11-10-17(13)15(20)18(11)26-27(21,22)23;19-13(16-24-7-1-2-10-5-6-15-8-10)12-4-3-11-9-17(12)14(20)18(11)25-26(21,22)23;17-12(14-23-8-10-3-1-2-6-22-10)11-5-4-9-7-15(11)13(18)16(9)24-25(19,20)21;17-11(14-23-4-3-22-9-5-13-6-9)10-2-1-8-7-15(10)12(18)16(8)24-25(19,20)21;11-6-3-8(6)20-12-9(15)7-2-1-5-4-13(7)10(16)14(5)21-22(17,18)19/h11-13H,1-10H2,(H,16,19)(H,21,22,23);10-12,15H,1-9H2,(H,16,19)(H,21,22,23);9-11H,1-8H2,(H,14,17)(H,19,20,21);8-10,13H,1-7H2,(H,14,17)(H,19,20,21);5-8H,1-4,11H2,(H,12,15)(H,17,18,19)/t11-,13+;10?,11-,12+;9-,10?,11+;8-,10+;5-,6?,7+,8?/m11111/s1. The van der Waals surface area contributed by atoms with Crippen LogP contribution in [-0.4, -0.2) is 370 Å². The van der Waals surface area contributed by atoms with Gasteiger partial charge in [0.1, 0.15) is 42.9 Å². The van der Waals surface area contributed by atoms with E-state index in [-0.39, 0.29) is 83.0 Å². The van der Waals surface area contributed by atoms with Gasteiger partial charge in [-0.1, -0.05) is 19.3 Å². The lowest BCUT2D eigenvalue weighted by atomic mass is 9.98. The minimum Gasteiger partial charge on any atom is -0.376 e. The second-order valence-electron chi connectivity index (χ2n) is 31.6. The molecule has 13 saturated heterocycles. The van der Waals surface area contributed by atoms with Crippen LogP contribution in [0.2, 0.25) is 0 Å². The van der Waals surface area contributed by atoms with Crippen molar-refractivity contribution in [3.63, 3.8) is 0 Å². The van der Waals surface area contributed by atoms with Crippen molar-refractivity contribution < 1.29 is 173 Å². The van der Waals surface area contributed by atoms with E-state index in [9.17, 15) is 90.0 Å². The third-order valence-corrected chi connectivity index (χ3v) is 24.5. The van der Waals surface area contributed by atoms with Gasteiger partial charge in [-0.05, 0) is 141 Å². The van der Waals surface area contributed by atoms with E-state index in [1.807, 2.05) is 0 Å². The molecule has 15 amide bonds. The molecule has 15 aliphatic rings. The number of carbonyl (C=O) groups excluding carboxylic acids is 10. The summed E-state index contributed by atoms with van der Waals surface area (Å²) in [5.41, 5.74) is 17.1. The van der Waals surface area contributed by atoms with Crippen LogP contribution in [0.3, 0.4) is 0 Å². The highest BCUT2D eigenvalue weighted by Crippen LogP contribution is 2.37. The Bertz CT molecular complexity index is 4390. The van der Waals surface area contributed by atoms with Gasteiger partial charge < -0.3 is 55.1 Å². The fourth-order valence-electron chi connectivity index (χ4n) is 16.4. The minimum atomic E-state index is -4.81. The van der Waals surface area contributed by atoms with Crippen molar-refractivity contribution >= 4 is 112 Å². The zero-order chi connectivity index (χ0) is 90.3. The molecule has 0 radical (unpaired) electrons. The van der Waals surface area contributed by atoms with Crippen LogP contribution in [0, 0.1) is 5.92 Å². The lowest BCUT2D eigenvalue weighted by molar-refractivity contribution is -0.144. The number of hydrogen-bond donors (Lipinski definition) is 13. The van der Waals surface area contributed by atoms with Gasteiger partial charge in [-0.25, -0.2) is 51.4 Å². The fourth-order valence-corrected chi connectivity index (χ4v) is 18.3. The molecule has 14 N–H and O–H groups in total. The number of carbonyl (C=O) groups is 10. The summed E-state index contributed by atoms with van der Waals surface area (Å²) in [6.45, 7) is 6.73. The van der Waals surface area contributed by atoms with Crippen LogP contribution < -0.4 is 43.8 Å². The second kappa shape index (κ2) is 43.8. The Hall–Kier alpha value is -7.39. The first-order valence-corrected chi connectivity index (χ1v) is 47.5. The van der Waals surface area contributed by atoms with Gasteiger partial charge in [0, 0.05) is 58.5 Å². The van der Waals surface area contributed by atoms with E-state index in [1.54, 1.807) is 0 Å². The highest BCUT2D eigenvalue weighted by molar-refractivity contribution is 7.81. The smallest absolute Gasteiger partial charge is 0.376 e. The van der Waals surface area contributed by atoms with Crippen molar-refractivity contribution in [1.82, 2.24) is 87.8 Å². The molecule has 15 fully saturated rings. The van der Waals surface area contributed by atoms with Crippen LogP contribution in [0.4, 0.5) is 24.0 Å². The Labute approximate surface area is 717 Å². The maximum absolute atomic E-state index is 12.3. The van der Waals surface area contributed by atoms with E-state index in [2.05, 4.69) is 59.5 Å². The molecular weight excluding hydrogens is 1790 g/mol. The number of rotatable bonds is 35. The van der Waals surface area contributed by atoms with Gasteiger partial charge in [-0.15, -0.1) is 21.4 Å². The molecule has 15 rings (SSSR count). The fraction of sp³-hybridized carbons (Fsp3) is 0.844. The number of nitrogens with one attached hydrogen (secondary N) is 7. The zero-order valence-corrected chi connectivity index (χ0v) is 71.5. The molecule has 4 unspecified atom stereocenters. The first-order valence-electron chi connectivity index (χ1n) is 40.6. The predicted molar refractivity (Wildman–Crippen MR) is 408 cm³/mol. The lowest BCUT2D eigenvalue weighted by Crippen LogP contribution is -2.50. The number of amides is 15. The van der Waals surface area contributed by atoms with Crippen molar-refractivity contribution in [3.8, 4) is 0 Å². The molecule has 710 valence electrons. The molecule has 0 aromatic heterocycles. The van der Waals surface area contributed by atoms with Crippen molar-refractivity contribution in [2.24, 2.45) is 11.7 Å². The van der Waals surface area contributed by atoms with Crippen molar-refractivity contribution in [3.05, 3.63) is 0 Å². The van der Waals surface area contributed by atoms with Crippen LogP contribution in [0.5, 0.6) is 0 Å². The highest BCUT2D eigenvalue weighted by atomic mass is 32.3. The quantitative estimate of drug-likeness (QED) is 0.0162. The molecule has 13 heterocycles. The molecule has 13 aliphatic heterocycles. The Kier molecular flexibility index (Phi) is 34.4. The van der Waals surface area contributed by atoms with Crippen LogP contribution in [0.15, 0.2) is 0 Å². The van der Waals surface area contributed by atoms with Crippen LogP contribution in [0.1, 0.15) is 141 Å². The van der Waals surface area contributed by atoms with Gasteiger partial charge in [-0.3, -0.25) is 70.9 Å². The first-order chi connectivity index (χ1) is 59.2. The molecule has 2 aliphatic carbocycles. The van der Waals surface area contributed by atoms with Gasteiger partial charge in [0.05, 0.1) is 81.6 Å². The second-order valence-corrected chi connectivity index (χ2v) is 36.6. The van der Waals surface area contributed by atoms with Gasteiger partial charge in [0.25, 0.3) is 29.5 Å². The largest absolute Gasteiger partial charge is 0.418 e. The summed E-state index contributed by atoms with van der Waals surface area (Å²) in [5, 5.41) is 9.33. The topological polar surface area (TPSA) is 705 Å². The molecule has 0 spiro atoms. The summed E-state index contributed by atoms with van der Waals surface area (Å²) >= 11 is 0. The van der Waals surface area contributed by atoms with Crippen molar-refractivity contribution in [2.45, 2.75) is 232 Å². The Morgan fingerprint density at radius 2 is 0.728 bits per heavy atom. The van der Waals surface area contributed by atoms with Crippen LogP contribution in [0.25, 0.3) is 0 Å². The van der Waals surface area contributed by atoms with E-state index in [0.717, 1.165) is 77.5 Å². The Morgan fingerprint density at radius 3 is 1.04 bits per heavy atom. The Balaban J connectivity index is 0.000000152. The summed E-state index contributed by atoms with van der Waals surface area (Å²) in [5.74, 6) is -1.79. The average molecular weight is 1900 g/mol. The average Bonchev–Trinajstić information content (AvgIpc) is 1.64. The number of nitrogens with zero attached hydrogens (tertiary/aromatic N) is 10. The number of fused-ring (bicyclic) bond motifs is 10. The predicted octanol–water partition coefficient (Wildman–Crippen LogP) is -4.42. The third kappa shape index (κ3) is 28.3. The molecule has 10 bridgehead atoms. The molecule has 61 heteroatoms. The maximum atomic E-state index is 12.3. The molecular formula is C64H106N18O38S5. The molecule has 56 nitrogen and oxygen atoms in total. The number of piperidine rings is 5. The van der Waals surface area contributed by atoms with Gasteiger partial charge in [0.15, 0.2) is 0 Å². The number of ether oxygens (including phenoxy) is 3. The van der Waals surface area contributed by atoms with Crippen molar-refractivity contribution in [2.75, 3.05) is 105 Å². The van der Waals surface area contributed by atoms with E-state index in [0.29, 0.717) is 128 Å². The van der Waals surface area contributed by atoms with Crippen molar-refractivity contribution in [1.29, 1.82) is 0 Å². The number of hydroxylamine groups is 15. The molecule has 0 aromatic rings. The molecule has 2 saturated carbocycles. The van der Waals surface area contributed by atoms with Gasteiger partial charge in [-0.2, -0.15) is 67.4 Å². The lowest BCUT2D eigenvalue weighted by Gasteiger charge is -2.29.